The van der Waals surface area contributed by atoms with Gasteiger partial charge >= 0.3 is 0 Å². The van der Waals surface area contributed by atoms with Crippen LogP contribution in [0, 0.1) is 0 Å². The molecule has 0 saturated carbocycles. The topological polar surface area (TPSA) is 66.5 Å². The first kappa shape index (κ1) is 20.2. The van der Waals surface area contributed by atoms with Gasteiger partial charge in [0.25, 0.3) is 5.91 Å². The Bertz CT molecular complexity index is 955. The molecule has 0 saturated heterocycles. The van der Waals surface area contributed by atoms with Crippen molar-refractivity contribution in [2.75, 3.05) is 43.3 Å². The Morgan fingerprint density at radius 1 is 1.03 bits per heavy atom. The number of nitrogens with one attached hydrogen (secondary N) is 2. The third kappa shape index (κ3) is 5.72. The van der Waals surface area contributed by atoms with Crippen LogP contribution in [-0.2, 0) is 6.42 Å². The Labute approximate surface area is 171 Å². The predicted octanol–water partition coefficient (Wildman–Crippen LogP) is 4.06. The average molecular weight is 390 g/mol. The van der Waals surface area contributed by atoms with Gasteiger partial charge in [-0.1, -0.05) is 12.1 Å². The quantitative estimate of drug-likeness (QED) is 0.607. The Hall–Kier alpha value is -3.54. The molecule has 1 aromatic heterocycles. The molecule has 3 rings (SSSR count). The molecule has 150 valence electrons. The highest BCUT2D eigenvalue weighted by atomic mass is 16.5. The molecule has 1 heterocycles. The van der Waals surface area contributed by atoms with Gasteiger partial charge < -0.3 is 20.3 Å². The van der Waals surface area contributed by atoms with Crippen LogP contribution in [0.1, 0.15) is 15.9 Å². The van der Waals surface area contributed by atoms with Gasteiger partial charge in [0.2, 0.25) is 0 Å². The second kappa shape index (κ2) is 9.59. The number of hydrogen-bond acceptors (Lipinski definition) is 5. The average Bonchev–Trinajstić information content (AvgIpc) is 2.74. The third-order valence-electron chi connectivity index (χ3n) is 4.52. The summed E-state index contributed by atoms with van der Waals surface area (Å²) in [5, 5.41) is 6.23. The van der Waals surface area contributed by atoms with E-state index in [1.165, 1.54) is 5.56 Å². The van der Waals surface area contributed by atoms with Crippen molar-refractivity contribution in [2.45, 2.75) is 6.42 Å². The first-order chi connectivity index (χ1) is 14.0. The molecule has 1 amide bonds. The van der Waals surface area contributed by atoms with Gasteiger partial charge in [0.1, 0.15) is 5.75 Å². The standard InChI is InChI=1S/C23H26N4O2/c1-27(2)21-9-7-19(8-10-21)26-23(28)18-14-20(16-24-15-18)25-12-11-17-5-4-6-22(13-17)29-3/h4-10,13-16,25H,11-12H2,1-3H3,(H,26,28). The van der Waals surface area contributed by atoms with Crippen LogP contribution in [0.2, 0.25) is 0 Å². The Morgan fingerprint density at radius 2 is 1.83 bits per heavy atom. The maximum Gasteiger partial charge on any atom is 0.257 e. The lowest BCUT2D eigenvalue weighted by Crippen LogP contribution is -2.14. The summed E-state index contributed by atoms with van der Waals surface area (Å²) in [6.45, 7) is 0.728. The zero-order valence-corrected chi connectivity index (χ0v) is 17.0. The van der Waals surface area contributed by atoms with Crippen molar-refractivity contribution in [3.8, 4) is 5.75 Å². The number of benzene rings is 2. The molecule has 0 bridgehead atoms. The highest BCUT2D eigenvalue weighted by Gasteiger charge is 2.08. The van der Waals surface area contributed by atoms with Gasteiger partial charge in [-0.05, 0) is 54.4 Å². The summed E-state index contributed by atoms with van der Waals surface area (Å²) in [5.41, 5.74) is 4.32. The van der Waals surface area contributed by atoms with Crippen LogP contribution >= 0.6 is 0 Å². The molecule has 0 atom stereocenters. The fraction of sp³-hybridized carbons (Fsp3) is 0.217. The number of hydrogen-bond donors (Lipinski definition) is 2. The number of pyridine rings is 1. The van der Waals surface area contributed by atoms with E-state index >= 15 is 0 Å². The normalized spacial score (nSPS) is 10.3. The first-order valence-corrected chi connectivity index (χ1v) is 9.46. The Morgan fingerprint density at radius 3 is 2.55 bits per heavy atom. The number of rotatable bonds is 8. The molecular weight excluding hydrogens is 364 g/mol. The summed E-state index contributed by atoms with van der Waals surface area (Å²) in [4.78, 5) is 18.7. The zero-order valence-electron chi connectivity index (χ0n) is 17.0. The SMILES string of the molecule is COc1cccc(CCNc2cncc(C(=O)Nc3ccc(N(C)C)cc3)c2)c1. The largest absolute Gasteiger partial charge is 0.497 e. The second-order valence-electron chi connectivity index (χ2n) is 6.89. The van der Waals surface area contributed by atoms with E-state index in [1.807, 2.05) is 67.5 Å². The summed E-state index contributed by atoms with van der Waals surface area (Å²) in [6.07, 6.45) is 4.12. The summed E-state index contributed by atoms with van der Waals surface area (Å²) in [7, 11) is 5.62. The van der Waals surface area contributed by atoms with Gasteiger partial charge in [0.15, 0.2) is 0 Å². The van der Waals surface area contributed by atoms with E-state index in [4.69, 9.17) is 4.74 Å². The minimum absolute atomic E-state index is 0.188. The van der Waals surface area contributed by atoms with Crippen molar-refractivity contribution in [3.63, 3.8) is 0 Å². The number of carbonyl (C=O) groups is 1. The lowest BCUT2D eigenvalue weighted by atomic mass is 10.1. The lowest BCUT2D eigenvalue weighted by Gasteiger charge is -2.13. The number of anilines is 3. The monoisotopic (exact) mass is 390 g/mol. The molecule has 0 aliphatic carbocycles. The fourth-order valence-electron chi connectivity index (χ4n) is 2.89. The van der Waals surface area contributed by atoms with Gasteiger partial charge in [-0.15, -0.1) is 0 Å². The van der Waals surface area contributed by atoms with Crippen LogP contribution in [-0.4, -0.2) is 38.6 Å². The van der Waals surface area contributed by atoms with Gasteiger partial charge in [-0.2, -0.15) is 0 Å². The van der Waals surface area contributed by atoms with Crippen molar-refractivity contribution < 1.29 is 9.53 Å². The molecule has 0 spiro atoms. The summed E-state index contributed by atoms with van der Waals surface area (Å²) >= 11 is 0. The number of amides is 1. The van der Waals surface area contributed by atoms with Crippen LogP contribution < -0.4 is 20.3 Å². The van der Waals surface area contributed by atoms with Crippen LogP contribution in [0.15, 0.2) is 67.0 Å². The maximum atomic E-state index is 12.5. The highest BCUT2D eigenvalue weighted by Crippen LogP contribution is 2.17. The number of carbonyl (C=O) groups excluding carboxylic acids is 1. The van der Waals surface area contributed by atoms with Crippen molar-refractivity contribution in [3.05, 3.63) is 78.1 Å². The van der Waals surface area contributed by atoms with Gasteiger partial charge in [-0.3, -0.25) is 9.78 Å². The van der Waals surface area contributed by atoms with Gasteiger partial charge in [-0.25, -0.2) is 0 Å². The van der Waals surface area contributed by atoms with Crippen LogP contribution in [0.25, 0.3) is 0 Å². The number of aromatic nitrogens is 1. The molecule has 2 N–H and O–H groups in total. The van der Waals surface area contributed by atoms with Crippen LogP contribution in [0.3, 0.4) is 0 Å². The molecule has 0 radical (unpaired) electrons. The lowest BCUT2D eigenvalue weighted by molar-refractivity contribution is 0.102. The minimum Gasteiger partial charge on any atom is -0.497 e. The molecule has 3 aromatic rings. The number of ether oxygens (including phenoxy) is 1. The van der Waals surface area contributed by atoms with Gasteiger partial charge in [0.05, 0.1) is 18.4 Å². The van der Waals surface area contributed by atoms with E-state index < -0.39 is 0 Å². The molecule has 0 fully saturated rings. The highest BCUT2D eigenvalue weighted by molar-refractivity contribution is 6.04. The summed E-state index contributed by atoms with van der Waals surface area (Å²) in [6, 6.07) is 17.5. The van der Waals surface area contributed by atoms with E-state index in [-0.39, 0.29) is 5.91 Å². The zero-order chi connectivity index (χ0) is 20.6. The van der Waals surface area contributed by atoms with Crippen LogP contribution in [0.5, 0.6) is 5.75 Å². The van der Waals surface area contributed by atoms with E-state index in [1.54, 1.807) is 19.5 Å². The third-order valence-corrected chi connectivity index (χ3v) is 4.52. The van der Waals surface area contributed by atoms with Crippen molar-refractivity contribution in [2.24, 2.45) is 0 Å². The maximum absolute atomic E-state index is 12.5. The van der Waals surface area contributed by atoms with E-state index in [2.05, 4.69) is 21.7 Å². The van der Waals surface area contributed by atoms with Crippen molar-refractivity contribution in [1.82, 2.24) is 4.98 Å². The molecule has 0 aliphatic rings. The first-order valence-electron chi connectivity index (χ1n) is 9.46. The molecule has 0 unspecified atom stereocenters. The molecule has 29 heavy (non-hydrogen) atoms. The van der Waals surface area contributed by atoms with Crippen LogP contribution in [0.4, 0.5) is 17.1 Å². The molecular formula is C23H26N4O2. The minimum atomic E-state index is -0.188. The van der Waals surface area contributed by atoms with E-state index in [0.717, 1.165) is 35.8 Å². The van der Waals surface area contributed by atoms with E-state index in [9.17, 15) is 4.79 Å². The summed E-state index contributed by atoms with van der Waals surface area (Å²) < 4.78 is 5.25. The fourth-order valence-corrected chi connectivity index (χ4v) is 2.89. The van der Waals surface area contributed by atoms with E-state index in [0.29, 0.717) is 5.56 Å². The Kier molecular flexibility index (Phi) is 6.68. The predicted molar refractivity (Wildman–Crippen MR) is 118 cm³/mol. The Balaban J connectivity index is 1.57. The molecule has 6 heteroatoms. The number of nitrogens with zero attached hydrogens (tertiary/aromatic N) is 2. The second-order valence-corrected chi connectivity index (χ2v) is 6.89. The molecule has 0 aliphatic heterocycles. The van der Waals surface area contributed by atoms with Crippen molar-refractivity contribution in [1.29, 1.82) is 0 Å². The van der Waals surface area contributed by atoms with Crippen molar-refractivity contribution >= 4 is 23.0 Å². The van der Waals surface area contributed by atoms with Gasteiger partial charge in [0, 0.05) is 44.4 Å². The smallest absolute Gasteiger partial charge is 0.257 e. The molecule has 6 nitrogen and oxygen atoms in total. The molecule has 2 aromatic carbocycles. The number of methoxy groups -OCH3 is 1. The summed E-state index contributed by atoms with van der Waals surface area (Å²) in [5.74, 6) is 0.660.